The van der Waals surface area contributed by atoms with E-state index in [1.54, 1.807) is 42.2 Å². The predicted molar refractivity (Wildman–Crippen MR) is 108 cm³/mol. The van der Waals surface area contributed by atoms with Gasteiger partial charge in [0.1, 0.15) is 0 Å². The van der Waals surface area contributed by atoms with Gasteiger partial charge in [-0.2, -0.15) is 5.10 Å². The second kappa shape index (κ2) is 8.45. The summed E-state index contributed by atoms with van der Waals surface area (Å²) >= 11 is 0. The Morgan fingerprint density at radius 3 is 2.61 bits per heavy atom. The van der Waals surface area contributed by atoms with Crippen LogP contribution in [0, 0.1) is 12.8 Å². The van der Waals surface area contributed by atoms with Gasteiger partial charge in [0.2, 0.25) is 15.9 Å². The molecule has 1 aromatic heterocycles. The first kappa shape index (κ1) is 20.5. The molecule has 28 heavy (non-hydrogen) atoms. The van der Waals surface area contributed by atoms with Crippen LogP contribution < -0.4 is 4.72 Å². The van der Waals surface area contributed by atoms with Gasteiger partial charge in [-0.05, 0) is 49.4 Å². The number of aromatic nitrogens is 2. The molecule has 0 spiro atoms. The summed E-state index contributed by atoms with van der Waals surface area (Å²) < 4.78 is 30.4. The van der Waals surface area contributed by atoms with E-state index in [0.29, 0.717) is 49.5 Å². The minimum atomic E-state index is -3.66. The van der Waals surface area contributed by atoms with Crippen LogP contribution in [-0.4, -0.2) is 48.1 Å². The molecule has 1 saturated heterocycles. The lowest BCUT2D eigenvalue weighted by Gasteiger charge is -2.32. The van der Waals surface area contributed by atoms with E-state index in [-0.39, 0.29) is 16.8 Å². The Balaban J connectivity index is 1.68. The fraction of sp³-hybridized carbons (Fsp3) is 0.500. The highest BCUT2D eigenvalue weighted by molar-refractivity contribution is 7.89. The van der Waals surface area contributed by atoms with E-state index in [1.165, 1.54) is 0 Å². The van der Waals surface area contributed by atoms with Crippen molar-refractivity contribution in [3.63, 3.8) is 0 Å². The number of carbonyl (C=O) groups excluding carboxylic acids is 1. The average molecular weight is 405 g/mol. The van der Waals surface area contributed by atoms with Gasteiger partial charge in [0.25, 0.3) is 0 Å². The van der Waals surface area contributed by atoms with E-state index >= 15 is 0 Å². The average Bonchev–Trinajstić information content (AvgIpc) is 3.16. The normalized spacial score (nSPS) is 15.9. The molecule has 1 amide bonds. The SMILES string of the molecule is Cc1ccc(-n2cccn2)cc1S(=O)(=O)NC1CCN(C(=O)CC(C)C)CC1. The highest BCUT2D eigenvalue weighted by atomic mass is 32.2. The molecule has 152 valence electrons. The van der Waals surface area contributed by atoms with Crippen molar-refractivity contribution in [3.8, 4) is 5.69 Å². The molecule has 0 radical (unpaired) electrons. The van der Waals surface area contributed by atoms with Gasteiger partial charge in [0.05, 0.1) is 10.6 Å². The first-order valence-corrected chi connectivity index (χ1v) is 11.2. The van der Waals surface area contributed by atoms with Crippen molar-refractivity contribution >= 4 is 15.9 Å². The van der Waals surface area contributed by atoms with Crippen molar-refractivity contribution in [2.45, 2.75) is 51.0 Å². The van der Waals surface area contributed by atoms with Crippen molar-refractivity contribution in [1.29, 1.82) is 0 Å². The highest BCUT2D eigenvalue weighted by Crippen LogP contribution is 2.21. The Morgan fingerprint density at radius 1 is 1.29 bits per heavy atom. The smallest absolute Gasteiger partial charge is 0.241 e. The van der Waals surface area contributed by atoms with Crippen LogP contribution in [0.1, 0.15) is 38.7 Å². The van der Waals surface area contributed by atoms with E-state index in [4.69, 9.17) is 0 Å². The maximum absolute atomic E-state index is 13.0. The zero-order valence-electron chi connectivity index (χ0n) is 16.6. The molecule has 8 heteroatoms. The van der Waals surface area contributed by atoms with E-state index < -0.39 is 10.0 Å². The molecular weight excluding hydrogens is 376 g/mol. The molecule has 0 atom stereocenters. The lowest BCUT2D eigenvalue weighted by atomic mass is 10.0. The maximum atomic E-state index is 13.0. The highest BCUT2D eigenvalue weighted by Gasteiger charge is 2.27. The van der Waals surface area contributed by atoms with Crippen molar-refractivity contribution in [2.24, 2.45) is 5.92 Å². The number of nitrogens with zero attached hydrogens (tertiary/aromatic N) is 3. The van der Waals surface area contributed by atoms with Crippen molar-refractivity contribution < 1.29 is 13.2 Å². The Morgan fingerprint density at radius 2 is 2.00 bits per heavy atom. The van der Waals surface area contributed by atoms with Crippen LogP contribution in [-0.2, 0) is 14.8 Å². The van der Waals surface area contributed by atoms with Crippen LogP contribution in [0.5, 0.6) is 0 Å². The van der Waals surface area contributed by atoms with Gasteiger partial charge in [0, 0.05) is 37.9 Å². The number of rotatable bonds is 6. The monoisotopic (exact) mass is 404 g/mol. The zero-order chi connectivity index (χ0) is 20.3. The Kier molecular flexibility index (Phi) is 6.20. The van der Waals surface area contributed by atoms with Crippen LogP contribution in [0.15, 0.2) is 41.6 Å². The molecule has 1 fully saturated rings. The van der Waals surface area contributed by atoms with Gasteiger partial charge in [-0.3, -0.25) is 4.79 Å². The van der Waals surface area contributed by atoms with Crippen LogP contribution in [0.3, 0.4) is 0 Å². The number of hydrogen-bond donors (Lipinski definition) is 1. The standard InChI is InChI=1S/C20H28N4O3S/c1-15(2)13-20(25)23-11-7-17(8-12-23)22-28(26,27)19-14-18(6-5-16(19)3)24-10-4-9-21-24/h4-6,9-10,14-15,17,22H,7-8,11-13H2,1-3H3. The number of amides is 1. The van der Waals surface area contributed by atoms with Gasteiger partial charge in [-0.15, -0.1) is 0 Å². The molecule has 1 aromatic carbocycles. The summed E-state index contributed by atoms with van der Waals surface area (Å²) in [5.41, 5.74) is 1.39. The summed E-state index contributed by atoms with van der Waals surface area (Å²) in [6, 6.07) is 6.91. The number of benzene rings is 1. The van der Waals surface area contributed by atoms with Crippen molar-refractivity contribution in [2.75, 3.05) is 13.1 Å². The Bertz CT molecular complexity index is 915. The number of likely N-dealkylation sites (tertiary alicyclic amines) is 1. The molecule has 7 nitrogen and oxygen atoms in total. The number of hydrogen-bond acceptors (Lipinski definition) is 4. The van der Waals surface area contributed by atoms with Crippen LogP contribution in [0.4, 0.5) is 0 Å². The number of sulfonamides is 1. The molecule has 1 N–H and O–H groups in total. The third kappa shape index (κ3) is 4.80. The first-order chi connectivity index (χ1) is 13.3. The second-order valence-electron chi connectivity index (χ2n) is 7.77. The fourth-order valence-corrected chi connectivity index (χ4v) is 5.02. The molecule has 0 bridgehead atoms. The molecule has 0 aliphatic carbocycles. The molecule has 2 heterocycles. The summed E-state index contributed by atoms with van der Waals surface area (Å²) in [7, 11) is -3.66. The summed E-state index contributed by atoms with van der Waals surface area (Å²) in [6.45, 7) is 7.02. The third-order valence-electron chi connectivity index (χ3n) is 4.98. The number of piperidine rings is 1. The van der Waals surface area contributed by atoms with Crippen LogP contribution in [0.2, 0.25) is 0 Å². The summed E-state index contributed by atoms with van der Waals surface area (Å²) in [5.74, 6) is 0.479. The van der Waals surface area contributed by atoms with E-state index in [1.807, 2.05) is 24.8 Å². The summed E-state index contributed by atoms with van der Waals surface area (Å²) in [4.78, 5) is 14.3. The second-order valence-corrected chi connectivity index (χ2v) is 9.46. The molecule has 1 aliphatic heterocycles. The predicted octanol–water partition coefficient (Wildman–Crippen LogP) is 2.50. The van der Waals surface area contributed by atoms with Gasteiger partial charge < -0.3 is 4.90 Å². The topological polar surface area (TPSA) is 84.3 Å². The molecule has 1 aliphatic rings. The zero-order valence-corrected chi connectivity index (χ0v) is 17.4. The van der Waals surface area contributed by atoms with Crippen molar-refractivity contribution in [3.05, 3.63) is 42.2 Å². The van der Waals surface area contributed by atoms with E-state index in [0.717, 1.165) is 0 Å². The maximum Gasteiger partial charge on any atom is 0.241 e. The first-order valence-electron chi connectivity index (χ1n) is 9.67. The molecule has 3 rings (SSSR count). The Labute approximate surface area is 166 Å². The van der Waals surface area contributed by atoms with Gasteiger partial charge in [0.15, 0.2) is 0 Å². The van der Waals surface area contributed by atoms with Gasteiger partial charge >= 0.3 is 0 Å². The Hall–Kier alpha value is -2.19. The van der Waals surface area contributed by atoms with Gasteiger partial charge in [-0.1, -0.05) is 19.9 Å². The minimum absolute atomic E-state index is 0.152. The van der Waals surface area contributed by atoms with E-state index in [2.05, 4.69) is 9.82 Å². The lowest BCUT2D eigenvalue weighted by molar-refractivity contribution is -0.133. The quantitative estimate of drug-likeness (QED) is 0.802. The molecule has 2 aromatic rings. The summed E-state index contributed by atoms with van der Waals surface area (Å²) in [6.07, 6.45) is 5.22. The molecular formula is C20H28N4O3S. The molecule has 0 saturated carbocycles. The van der Waals surface area contributed by atoms with Crippen LogP contribution in [0.25, 0.3) is 5.69 Å². The largest absolute Gasteiger partial charge is 0.343 e. The minimum Gasteiger partial charge on any atom is -0.343 e. The van der Waals surface area contributed by atoms with Gasteiger partial charge in [-0.25, -0.2) is 17.8 Å². The molecule has 0 unspecified atom stereocenters. The van der Waals surface area contributed by atoms with Crippen LogP contribution >= 0.6 is 0 Å². The number of aryl methyl sites for hydroxylation is 1. The number of carbonyl (C=O) groups is 1. The summed E-state index contributed by atoms with van der Waals surface area (Å²) in [5, 5.41) is 4.16. The lowest BCUT2D eigenvalue weighted by Crippen LogP contribution is -2.46. The number of nitrogens with one attached hydrogen (secondary N) is 1. The fourth-order valence-electron chi connectivity index (χ4n) is 3.45. The van der Waals surface area contributed by atoms with E-state index in [9.17, 15) is 13.2 Å². The van der Waals surface area contributed by atoms with Crippen molar-refractivity contribution in [1.82, 2.24) is 19.4 Å². The third-order valence-corrected chi connectivity index (χ3v) is 6.65.